The van der Waals surface area contributed by atoms with E-state index in [4.69, 9.17) is 5.73 Å². The topological polar surface area (TPSA) is 80.0 Å². The zero-order valence-corrected chi connectivity index (χ0v) is 13.5. The number of anilines is 2. The molecule has 3 N–H and O–H groups in total. The molecular weight excluding hydrogens is 276 g/mol. The lowest BCUT2D eigenvalue weighted by atomic mass is 10.1. The van der Waals surface area contributed by atoms with Gasteiger partial charge in [-0.15, -0.1) is 0 Å². The smallest absolute Gasteiger partial charge is 0.226 e. The number of pyridine rings is 1. The molecule has 6 heteroatoms. The van der Waals surface area contributed by atoms with Crippen molar-refractivity contribution in [2.75, 3.05) is 31.2 Å². The highest BCUT2D eigenvalue weighted by molar-refractivity contribution is 5.86. The number of rotatable bonds is 3. The monoisotopic (exact) mass is 300 g/mol. The van der Waals surface area contributed by atoms with E-state index in [1.807, 2.05) is 12.1 Å². The Balaban J connectivity index is 1.87. The van der Waals surface area contributed by atoms with Gasteiger partial charge in [0.2, 0.25) is 5.95 Å². The summed E-state index contributed by atoms with van der Waals surface area (Å²) in [6, 6.07) is 4.37. The molecular formula is C16H24N6. The van der Waals surface area contributed by atoms with Crippen molar-refractivity contribution in [1.82, 2.24) is 19.9 Å². The molecule has 6 nitrogen and oxygen atoms in total. The number of nitrogen functional groups attached to an aromatic ring is 1. The molecule has 0 spiro atoms. The number of hydrogen-bond acceptors (Lipinski definition) is 6. The fraction of sp³-hybridized carbons (Fsp3) is 0.562. The molecule has 1 aliphatic heterocycles. The molecule has 0 atom stereocenters. The number of nitrogens with two attached hydrogens (primary N) is 1. The van der Waals surface area contributed by atoms with E-state index in [0.29, 0.717) is 29.4 Å². The molecule has 0 unspecified atom stereocenters. The molecule has 0 radical (unpaired) electrons. The maximum absolute atomic E-state index is 6.07. The van der Waals surface area contributed by atoms with Crippen molar-refractivity contribution >= 4 is 22.8 Å². The third kappa shape index (κ3) is 3.11. The number of likely N-dealkylation sites (tertiary alicyclic amines) is 1. The summed E-state index contributed by atoms with van der Waals surface area (Å²) in [5.41, 5.74) is 7.77. The van der Waals surface area contributed by atoms with Crippen molar-refractivity contribution in [3.8, 4) is 0 Å². The second-order valence-electron chi connectivity index (χ2n) is 6.42. The number of nitrogens with zero attached hydrogens (tertiary/aromatic N) is 4. The largest absolute Gasteiger partial charge is 0.383 e. The molecule has 1 fully saturated rings. The number of piperidine rings is 1. The van der Waals surface area contributed by atoms with Gasteiger partial charge in [-0.1, -0.05) is 13.8 Å². The van der Waals surface area contributed by atoms with Gasteiger partial charge in [-0.05, 0) is 51.0 Å². The van der Waals surface area contributed by atoms with Crippen molar-refractivity contribution in [2.24, 2.45) is 0 Å². The Morgan fingerprint density at radius 3 is 2.59 bits per heavy atom. The van der Waals surface area contributed by atoms with Gasteiger partial charge < -0.3 is 16.0 Å². The van der Waals surface area contributed by atoms with Crippen molar-refractivity contribution in [3.63, 3.8) is 0 Å². The molecule has 0 saturated carbocycles. The first kappa shape index (κ1) is 15.0. The van der Waals surface area contributed by atoms with Gasteiger partial charge in [0.25, 0.3) is 0 Å². The van der Waals surface area contributed by atoms with Crippen molar-refractivity contribution in [3.05, 3.63) is 17.8 Å². The van der Waals surface area contributed by atoms with Gasteiger partial charge in [0, 0.05) is 11.7 Å². The molecule has 1 saturated heterocycles. The Hall–Kier alpha value is -1.95. The van der Waals surface area contributed by atoms with E-state index in [9.17, 15) is 0 Å². The van der Waals surface area contributed by atoms with Gasteiger partial charge >= 0.3 is 0 Å². The number of hydrogen-bond donors (Lipinski definition) is 2. The SMILES string of the molecule is CC(C)c1ccc2c(N)nc(NC3CCN(C)CC3)nc2n1. The second-order valence-corrected chi connectivity index (χ2v) is 6.42. The Bertz CT molecular complexity index is 661. The van der Waals surface area contributed by atoms with Gasteiger partial charge in [-0.25, -0.2) is 4.98 Å². The summed E-state index contributed by atoms with van der Waals surface area (Å²) >= 11 is 0. The van der Waals surface area contributed by atoms with Gasteiger partial charge in [-0.2, -0.15) is 9.97 Å². The summed E-state index contributed by atoms with van der Waals surface area (Å²) in [5.74, 6) is 1.45. The summed E-state index contributed by atoms with van der Waals surface area (Å²) in [6.07, 6.45) is 2.19. The molecule has 22 heavy (non-hydrogen) atoms. The highest BCUT2D eigenvalue weighted by Crippen LogP contribution is 2.22. The van der Waals surface area contributed by atoms with Crippen LogP contribution in [-0.4, -0.2) is 46.0 Å². The highest BCUT2D eigenvalue weighted by atomic mass is 15.2. The standard InChI is InChI=1S/C16H24N6/c1-10(2)13-5-4-12-14(17)20-16(21-15(12)19-13)18-11-6-8-22(3)9-7-11/h4-5,10-11H,6-9H2,1-3H3,(H3,17,18,19,20,21). The van der Waals surface area contributed by atoms with Crippen LogP contribution in [0.15, 0.2) is 12.1 Å². The molecule has 3 heterocycles. The van der Waals surface area contributed by atoms with Crippen molar-refractivity contribution in [1.29, 1.82) is 0 Å². The zero-order valence-electron chi connectivity index (χ0n) is 13.5. The predicted octanol–water partition coefficient (Wildman–Crippen LogP) is 2.24. The summed E-state index contributed by atoms with van der Waals surface area (Å²) in [4.78, 5) is 15.9. The molecule has 2 aromatic rings. The minimum Gasteiger partial charge on any atom is -0.383 e. The number of nitrogens with one attached hydrogen (secondary N) is 1. The Kier molecular flexibility index (Phi) is 4.11. The van der Waals surface area contributed by atoms with Crippen molar-refractivity contribution < 1.29 is 0 Å². The molecule has 1 aliphatic rings. The van der Waals surface area contributed by atoms with E-state index in [-0.39, 0.29) is 0 Å². The zero-order chi connectivity index (χ0) is 15.7. The van der Waals surface area contributed by atoms with Crippen LogP contribution in [0, 0.1) is 0 Å². The lowest BCUT2D eigenvalue weighted by Gasteiger charge is -2.29. The predicted molar refractivity (Wildman–Crippen MR) is 90.0 cm³/mol. The number of fused-ring (bicyclic) bond motifs is 1. The molecule has 2 aromatic heterocycles. The van der Waals surface area contributed by atoms with Gasteiger partial charge in [0.15, 0.2) is 5.65 Å². The average Bonchev–Trinajstić information content (AvgIpc) is 2.49. The maximum atomic E-state index is 6.07. The minimum absolute atomic E-state index is 0.367. The van der Waals surface area contributed by atoms with Crippen LogP contribution in [0.5, 0.6) is 0 Å². The summed E-state index contributed by atoms with van der Waals surface area (Å²) in [5, 5.41) is 4.23. The molecule has 0 amide bonds. The van der Waals surface area contributed by atoms with Crippen LogP contribution in [-0.2, 0) is 0 Å². The minimum atomic E-state index is 0.367. The fourth-order valence-corrected chi connectivity index (χ4v) is 2.77. The van der Waals surface area contributed by atoms with Crippen LogP contribution >= 0.6 is 0 Å². The molecule has 0 bridgehead atoms. The van der Waals surface area contributed by atoms with Crippen molar-refractivity contribution in [2.45, 2.75) is 38.6 Å². The van der Waals surface area contributed by atoms with Crippen LogP contribution in [0.1, 0.15) is 38.3 Å². The van der Waals surface area contributed by atoms with E-state index in [0.717, 1.165) is 37.0 Å². The van der Waals surface area contributed by atoms with Crippen LogP contribution in [0.3, 0.4) is 0 Å². The fourth-order valence-electron chi connectivity index (χ4n) is 2.77. The van der Waals surface area contributed by atoms with Crippen LogP contribution in [0.25, 0.3) is 11.0 Å². The van der Waals surface area contributed by atoms with E-state index in [1.54, 1.807) is 0 Å². The van der Waals surface area contributed by atoms with Gasteiger partial charge in [-0.3, -0.25) is 0 Å². The summed E-state index contributed by atoms with van der Waals surface area (Å²) in [7, 11) is 2.15. The van der Waals surface area contributed by atoms with E-state index < -0.39 is 0 Å². The molecule has 118 valence electrons. The lowest BCUT2D eigenvalue weighted by Crippen LogP contribution is -2.37. The Morgan fingerprint density at radius 2 is 1.91 bits per heavy atom. The summed E-state index contributed by atoms with van der Waals surface area (Å²) < 4.78 is 0. The van der Waals surface area contributed by atoms with E-state index >= 15 is 0 Å². The molecule has 0 aromatic carbocycles. The van der Waals surface area contributed by atoms with Crippen LogP contribution < -0.4 is 11.1 Å². The normalized spacial score (nSPS) is 17.3. The van der Waals surface area contributed by atoms with Crippen LogP contribution in [0.2, 0.25) is 0 Å². The quantitative estimate of drug-likeness (QED) is 0.905. The van der Waals surface area contributed by atoms with Gasteiger partial charge in [0.05, 0.1) is 5.39 Å². The highest BCUT2D eigenvalue weighted by Gasteiger charge is 2.18. The number of aromatic nitrogens is 3. The average molecular weight is 300 g/mol. The Morgan fingerprint density at radius 1 is 1.18 bits per heavy atom. The third-order valence-electron chi connectivity index (χ3n) is 4.25. The first-order valence-electron chi connectivity index (χ1n) is 7.92. The maximum Gasteiger partial charge on any atom is 0.226 e. The lowest BCUT2D eigenvalue weighted by molar-refractivity contribution is 0.263. The second kappa shape index (κ2) is 6.04. The van der Waals surface area contributed by atoms with Crippen LogP contribution in [0.4, 0.5) is 11.8 Å². The van der Waals surface area contributed by atoms with E-state index in [1.165, 1.54) is 0 Å². The van der Waals surface area contributed by atoms with E-state index in [2.05, 4.69) is 46.1 Å². The van der Waals surface area contributed by atoms with Gasteiger partial charge in [0.1, 0.15) is 5.82 Å². The first-order valence-corrected chi connectivity index (χ1v) is 7.92. The molecule has 0 aliphatic carbocycles. The Labute approximate surface area is 131 Å². The first-order chi connectivity index (χ1) is 10.5. The summed E-state index contributed by atoms with van der Waals surface area (Å²) in [6.45, 7) is 6.43. The molecule has 3 rings (SSSR count). The third-order valence-corrected chi connectivity index (χ3v) is 4.25.